The number of hydrogen-bond donors (Lipinski definition) is 0. The van der Waals surface area contributed by atoms with Crippen molar-refractivity contribution in [1.29, 1.82) is 0 Å². The van der Waals surface area contributed by atoms with Crippen LogP contribution in [0.3, 0.4) is 0 Å². The van der Waals surface area contributed by atoms with Gasteiger partial charge in [-0.3, -0.25) is 29.2 Å². The molecule has 27 heavy (non-hydrogen) atoms. The van der Waals surface area contributed by atoms with Crippen molar-refractivity contribution in [1.82, 2.24) is 29.4 Å². The van der Waals surface area contributed by atoms with E-state index in [0.29, 0.717) is 31.7 Å². The first-order chi connectivity index (χ1) is 12.8. The fourth-order valence-electron chi connectivity index (χ4n) is 3.37. The summed E-state index contributed by atoms with van der Waals surface area (Å²) in [5.41, 5.74) is 2.61. The van der Waals surface area contributed by atoms with E-state index in [1.54, 1.807) is 6.92 Å². The van der Waals surface area contributed by atoms with Gasteiger partial charge in [0.05, 0.1) is 10.6 Å². The monoisotopic (exact) mass is 375 g/mol. The molecule has 10 nitrogen and oxygen atoms in total. The zero-order valence-corrected chi connectivity index (χ0v) is 16.0. The summed E-state index contributed by atoms with van der Waals surface area (Å²) in [6.45, 7) is 7.84. The number of nitro groups is 1. The minimum atomic E-state index is -0.455. The van der Waals surface area contributed by atoms with Crippen LogP contribution in [0.4, 0.5) is 5.69 Å². The van der Waals surface area contributed by atoms with Gasteiger partial charge in [0.15, 0.2) is 0 Å². The number of rotatable bonds is 6. The zero-order valence-electron chi connectivity index (χ0n) is 16.0. The number of carbonyl (C=O) groups excluding carboxylic acids is 1. The molecule has 1 fully saturated rings. The first kappa shape index (κ1) is 19.0. The number of carbonyl (C=O) groups is 1. The molecule has 0 radical (unpaired) electrons. The van der Waals surface area contributed by atoms with E-state index in [2.05, 4.69) is 15.1 Å². The Bertz CT molecular complexity index is 834. The van der Waals surface area contributed by atoms with Crippen LogP contribution in [0.5, 0.6) is 0 Å². The van der Waals surface area contributed by atoms with Crippen molar-refractivity contribution in [3.63, 3.8) is 0 Å². The summed E-state index contributed by atoms with van der Waals surface area (Å²) in [4.78, 5) is 27.0. The van der Waals surface area contributed by atoms with Gasteiger partial charge in [-0.15, -0.1) is 0 Å². The van der Waals surface area contributed by atoms with Crippen LogP contribution in [0.2, 0.25) is 0 Å². The highest BCUT2D eigenvalue weighted by atomic mass is 16.6. The molecule has 0 N–H and O–H groups in total. The van der Waals surface area contributed by atoms with Crippen LogP contribution in [0.25, 0.3) is 0 Å². The lowest BCUT2D eigenvalue weighted by Crippen LogP contribution is -2.48. The van der Waals surface area contributed by atoms with Crippen molar-refractivity contribution in [3.05, 3.63) is 39.5 Å². The molecule has 0 saturated carbocycles. The average molecular weight is 375 g/mol. The number of piperazine rings is 1. The Balaban J connectivity index is 1.46. The Labute approximate surface area is 157 Å². The van der Waals surface area contributed by atoms with Crippen molar-refractivity contribution < 1.29 is 9.72 Å². The third-order valence-electron chi connectivity index (χ3n) is 4.91. The van der Waals surface area contributed by atoms with E-state index in [1.807, 2.05) is 29.7 Å². The van der Waals surface area contributed by atoms with E-state index in [9.17, 15) is 14.9 Å². The molecule has 1 aliphatic heterocycles. The third-order valence-corrected chi connectivity index (χ3v) is 4.91. The highest BCUT2D eigenvalue weighted by Gasteiger charge is 2.22. The van der Waals surface area contributed by atoms with Crippen LogP contribution in [0.15, 0.2) is 12.4 Å². The summed E-state index contributed by atoms with van der Waals surface area (Å²) >= 11 is 0. The third kappa shape index (κ3) is 4.51. The van der Waals surface area contributed by atoms with Gasteiger partial charge in [-0.2, -0.15) is 10.2 Å². The van der Waals surface area contributed by atoms with Gasteiger partial charge >= 0.3 is 5.69 Å². The van der Waals surface area contributed by atoms with E-state index >= 15 is 0 Å². The second kappa shape index (κ2) is 7.87. The van der Waals surface area contributed by atoms with Gasteiger partial charge in [0.1, 0.15) is 11.9 Å². The summed E-state index contributed by atoms with van der Waals surface area (Å²) in [6, 6.07) is 0. The molecule has 0 aromatic carbocycles. The van der Waals surface area contributed by atoms with Crippen LogP contribution in [0, 0.1) is 24.0 Å². The Morgan fingerprint density at radius 3 is 2.41 bits per heavy atom. The largest absolute Gasteiger partial charge is 0.340 e. The molecule has 0 unspecified atom stereocenters. The van der Waals surface area contributed by atoms with Gasteiger partial charge in [-0.05, 0) is 13.8 Å². The maximum absolute atomic E-state index is 12.4. The standard InChI is InChI=1S/C17H25N7O3/c1-13-15(10-20(3)18-13)11-21-6-8-22(9-7-21)17(25)4-5-23-12-16(24(26)27)14(2)19-23/h10,12H,4-9,11H2,1-3H3. The maximum atomic E-state index is 12.4. The lowest BCUT2D eigenvalue weighted by atomic mass is 10.2. The predicted octanol–water partition coefficient (Wildman–Crippen LogP) is 0.876. The average Bonchev–Trinajstić information content (AvgIpc) is 3.15. The Morgan fingerprint density at radius 1 is 1.15 bits per heavy atom. The molecule has 1 amide bonds. The molecule has 0 aliphatic carbocycles. The van der Waals surface area contributed by atoms with Crippen LogP contribution in [-0.2, 0) is 24.9 Å². The molecular weight excluding hydrogens is 350 g/mol. The molecule has 2 aromatic rings. The van der Waals surface area contributed by atoms with E-state index in [0.717, 1.165) is 25.3 Å². The normalized spacial score (nSPS) is 15.3. The topological polar surface area (TPSA) is 102 Å². The minimum Gasteiger partial charge on any atom is -0.340 e. The van der Waals surface area contributed by atoms with Crippen molar-refractivity contribution in [3.8, 4) is 0 Å². The lowest BCUT2D eigenvalue weighted by molar-refractivity contribution is -0.385. The molecule has 1 saturated heterocycles. The van der Waals surface area contributed by atoms with Gasteiger partial charge < -0.3 is 4.90 Å². The SMILES string of the molecule is Cc1nn(C)cc1CN1CCN(C(=O)CCn2cc([N+](=O)[O-])c(C)n2)CC1. The molecule has 3 heterocycles. The van der Waals surface area contributed by atoms with Gasteiger partial charge in [-0.25, -0.2) is 0 Å². The fourth-order valence-corrected chi connectivity index (χ4v) is 3.37. The Morgan fingerprint density at radius 2 is 1.85 bits per heavy atom. The van der Waals surface area contributed by atoms with E-state index in [4.69, 9.17) is 0 Å². The van der Waals surface area contributed by atoms with Crippen LogP contribution in [-0.4, -0.2) is 66.4 Å². The van der Waals surface area contributed by atoms with Crippen molar-refractivity contribution in [2.45, 2.75) is 33.4 Å². The van der Waals surface area contributed by atoms with Gasteiger partial charge in [-0.1, -0.05) is 0 Å². The summed E-state index contributed by atoms with van der Waals surface area (Å²) in [7, 11) is 1.92. The van der Waals surface area contributed by atoms with Crippen LogP contribution >= 0.6 is 0 Å². The molecule has 0 atom stereocenters. The maximum Gasteiger partial charge on any atom is 0.309 e. The number of amides is 1. The minimum absolute atomic E-state index is 0.0123. The van der Waals surface area contributed by atoms with Crippen molar-refractivity contribution in [2.75, 3.05) is 26.2 Å². The first-order valence-corrected chi connectivity index (χ1v) is 9.01. The number of nitrogens with zero attached hydrogens (tertiary/aromatic N) is 7. The quantitative estimate of drug-likeness (QED) is 0.548. The Hall–Kier alpha value is -2.75. The van der Waals surface area contributed by atoms with Crippen molar-refractivity contribution >= 4 is 11.6 Å². The van der Waals surface area contributed by atoms with E-state index in [1.165, 1.54) is 16.4 Å². The van der Waals surface area contributed by atoms with E-state index < -0.39 is 4.92 Å². The highest BCUT2D eigenvalue weighted by molar-refractivity contribution is 5.76. The molecular formula is C17H25N7O3. The summed E-state index contributed by atoms with van der Waals surface area (Å²) in [6.07, 6.45) is 3.72. The van der Waals surface area contributed by atoms with Crippen molar-refractivity contribution in [2.24, 2.45) is 7.05 Å². The molecule has 3 rings (SSSR count). The number of aromatic nitrogens is 4. The molecule has 0 bridgehead atoms. The zero-order chi connectivity index (χ0) is 19.6. The molecule has 0 spiro atoms. The van der Waals surface area contributed by atoms with Crippen LogP contribution in [0.1, 0.15) is 23.4 Å². The van der Waals surface area contributed by atoms with Gasteiger partial charge in [0, 0.05) is 64.5 Å². The molecule has 10 heteroatoms. The number of hydrogen-bond acceptors (Lipinski definition) is 6. The molecule has 1 aliphatic rings. The smallest absolute Gasteiger partial charge is 0.309 e. The van der Waals surface area contributed by atoms with Gasteiger partial charge in [0.2, 0.25) is 5.91 Å². The van der Waals surface area contributed by atoms with Crippen LogP contribution < -0.4 is 0 Å². The predicted molar refractivity (Wildman–Crippen MR) is 98.0 cm³/mol. The fraction of sp³-hybridized carbons (Fsp3) is 0.588. The van der Waals surface area contributed by atoms with Gasteiger partial charge in [0.25, 0.3) is 0 Å². The summed E-state index contributed by atoms with van der Waals surface area (Å²) in [5, 5.41) is 19.3. The first-order valence-electron chi connectivity index (χ1n) is 9.01. The second-order valence-electron chi connectivity index (χ2n) is 6.94. The number of aryl methyl sites for hydroxylation is 4. The highest BCUT2D eigenvalue weighted by Crippen LogP contribution is 2.16. The summed E-state index contributed by atoms with van der Waals surface area (Å²) < 4.78 is 3.30. The summed E-state index contributed by atoms with van der Waals surface area (Å²) in [5.74, 6) is 0.0583. The molecule has 146 valence electrons. The second-order valence-corrected chi connectivity index (χ2v) is 6.94. The van der Waals surface area contributed by atoms with E-state index in [-0.39, 0.29) is 11.6 Å². The Kier molecular flexibility index (Phi) is 5.54. The lowest BCUT2D eigenvalue weighted by Gasteiger charge is -2.34. The molecule has 2 aromatic heterocycles.